The van der Waals surface area contributed by atoms with Crippen molar-refractivity contribution in [1.29, 1.82) is 0 Å². The van der Waals surface area contributed by atoms with E-state index in [9.17, 15) is 18.0 Å². The zero-order chi connectivity index (χ0) is 15.5. The van der Waals surface area contributed by atoms with E-state index in [0.717, 1.165) is 43.1 Å². The first-order valence-corrected chi connectivity index (χ1v) is 8.82. The van der Waals surface area contributed by atoms with Crippen LogP contribution in [0.1, 0.15) is 32.1 Å². The molecule has 3 nitrogen and oxygen atoms in total. The van der Waals surface area contributed by atoms with Gasteiger partial charge in [0.1, 0.15) is 0 Å². The summed E-state index contributed by atoms with van der Waals surface area (Å²) in [4.78, 5) is 14.1. The van der Waals surface area contributed by atoms with Crippen LogP contribution in [-0.2, 0) is 9.53 Å². The normalized spacial score (nSPS) is 41.0. The Morgan fingerprint density at radius 2 is 2.23 bits per heavy atom. The number of piperidine rings is 1. The van der Waals surface area contributed by atoms with Crippen molar-refractivity contribution >= 4 is 17.7 Å². The van der Waals surface area contributed by atoms with Crippen molar-refractivity contribution in [2.24, 2.45) is 0 Å². The number of halogens is 3. The first kappa shape index (κ1) is 14.9. The standard InChI is InChI=1S/C15H18F3NO2S/c16-15(17,18)8-22-11-5-9-6-13(20)21-14(9)7-10(11)19-4-2-1-3-12(14)19/h6,10-12H,1-5,7-8H2/t10-,11?,12+,14-/m0/s1. The molecular weight excluding hydrogens is 315 g/mol. The number of nitrogens with zero attached hydrogens (tertiary/aromatic N) is 1. The van der Waals surface area contributed by atoms with E-state index in [1.54, 1.807) is 0 Å². The summed E-state index contributed by atoms with van der Waals surface area (Å²) >= 11 is 0.992. The van der Waals surface area contributed by atoms with Gasteiger partial charge in [-0.1, -0.05) is 6.42 Å². The van der Waals surface area contributed by atoms with Gasteiger partial charge in [0.2, 0.25) is 0 Å². The summed E-state index contributed by atoms with van der Waals surface area (Å²) in [6, 6.07) is 0.265. The van der Waals surface area contributed by atoms with Crippen LogP contribution in [-0.4, -0.2) is 52.3 Å². The van der Waals surface area contributed by atoms with Gasteiger partial charge < -0.3 is 4.74 Å². The molecule has 0 radical (unpaired) electrons. The van der Waals surface area contributed by atoms with Crippen molar-refractivity contribution < 1.29 is 22.7 Å². The van der Waals surface area contributed by atoms with Gasteiger partial charge >= 0.3 is 12.1 Å². The van der Waals surface area contributed by atoms with Gasteiger partial charge in [0.25, 0.3) is 0 Å². The lowest BCUT2D eigenvalue weighted by Crippen LogP contribution is -2.48. The van der Waals surface area contributed by atoms with E-state index in [1.165, 1.54) is 6.08 Å². The zero-order valence-corrected chi connectivity index (χ0v) is 12.9. The molecule has 4 atom stereocenters. The molecule has 0 amide bonds. The van der Waals surface area contributed by atoms with Gasteiger partial charge in [0.15, 0.2) is 5.60 Å². The molecule has 2 bridgehead atoms. The van der Waals surface area contributed by atoms with Crippen molar-refractivity contribution in [3.8, 4) is 0 Å². The van der Waals surface area contributed by atoms with Crippen molar-refractivity contribution in [3.05, 3.63) is 11.6 Å². The lowest BCUT2D eigenvalue weighted by Gasteiger charge is -2.38. The number of rotatable bonds is 2. The monoisotopic (exact) mass is 333 g/mol. The molecule has 4 aliphatic rings. The first-order valence-electron chi connectivity index (χ1n) is 7.77. The Kier molecular flexibility index (Phi) is 3.31. The Balaban J connectivity index is 1.63. The number of thioether (sulfide) groups is 1. The van der Waals surface area contributed by atoms with Gasteiger partial charge in [0, 0.05) is 23.8 Å². The first-order chi connectivity index (χ1) is 10.4. The summed E-state index contributed by atoms with van der Waals surface area (Å²) in [5, 5.41) is -0.0985. The predicted molar refractivity (Wildman–Crippen MR) is 76.6 cm³/mol. The van der Waals surface area contributed by atoms with Crippen LogP contribution in [0.15, 0.2) is 11.6 Å². The maximum Gasteiger partial charge on any atom is 0.397 e. The highest BCUT2D eigenvalue weighted by molar-refractivity contribution is 8.00. The summed E-state index contributed by atoms with van der Waals surface area (Å²) in [5.74, 6) is -1.13. The van der Waals surface area contributed by atoms with E-state index >= 15 is 0 Å². The van der Waals surface area contributed by atoms with Crippen molar-refractivity contribution in [3.63, 3.8) is 0 Å². The zero-order valence-electron chi connectivity index (χ0n) is 12.1. The van der Waals surface area contributed by atoms with Crippen molar-refractivity contribution in [2.45, 2.75) is 61.2 Å². The minimum Gasteiger partial charge on any atom is -0.450 e. The van der Waals surface area contributed by atoms with E-state index in [1.807, 2.05) is 0 Å². The Morgan fingerprint density at radius 1 is 1.41 bits per heavy atom. The summed E-state index contributed by atoms with van der Waals surface area (Å²) in [6.45, 7) is 0.908. The molecule has 1 unspecified atom stereocenters. The van der Waals surface area contributed by atoms with Crippen LogP contribution in [0.25, 0.3) is 0 Å². The Morgan fingerprint density at radius 3 is 3.00 bits per heavy atom. The summed E-state index contributed by atoms with van der Waals surface area (Å²) < 4.78 is 43.5. The van der Waals surface area contributed by atoms with E-state index < -0.39 is 17.5 Å². The molecular formula is C15H18F3NO2S. The molecule has 0 aromatic heterocycles. The molecule has 3 heterocycles. The van der Waals surface area contributed by atoms with Gasteiger partial charge in [-0.3, -0.25) is 4.90 Å². The minimum absolute atomic E-state index is 0.0979. The smallest absolute Gasteiger partial charge is 0.397 e. The number of hydrogen-bond donors (Lipinski definition) is 0. The molecule has 7 heteroatoms. The third-order valence-corrected chi connectivity index (χ3v) is 6.85. The number of alkyl halides is 3. The Labute approximate surface area is 131 Å². The molecule has 0 aromatic rings. The maximum absolute atomic E-state index is 12.6. The van der Waals surface area contributed by atoms with Gasteiger partial charge in [-0.2, -0.15) is 13.2 Å². The predicted octanol–water partition coefficient (Wildman–Crippen LogP) is 2.90. The average Bonchev–Trinajstić information content (AvgIpc) is 2.92. The van der Waals surface area contributed by atoms with Crippen LogP contribution >= 0.6 is 11.8 Å². The molecule has 3 fully saturated rings. The molecule has 0 aromatic carbocycles. The second-order valence-corrected chi connectivity index (χ2v) is 7.90. The van der Waals surface area contributed by atoms with Gasteiger partial charge in [-0.05, 0) is 31.4 Å². The number of hydrogen-bond acceptors (Lipinski definition) is 4. The van der Waals surface area contributed by atoms with Crippen LogP contribution in [0.2, 0.25) is 0 Å². The SMILES string of the molecule is O=C1C=C2CC(SCC(F)(F)F)[C@@H]3C[C@@]2(O1)[C@H]1CCCCN31. The van der Waals surface area contributed by atoms with Crippen LogP contribution in [0.4, 0.5) is 13.2 Å². The fourth-order valence-electron chi connectivity index (χ4n) is 4.71. The number of ether oxygens (including phenoxy) is 1. The molecule has 22 heavy (non-hydrogen) atoms. The average molecular weight is 333 g/mol. The molecule has 1 aliphatic carbocycles. The largest absolute Gasteiger partial charge is 0.450 e. The van der Waals surface area contributed by atoms with Crippen LogP contribution in [0, 0.1) is 0 Å². The van der Waals surface area contributed by atoms with Crippen LogP contribution in [0.5, 0.6) is 0 Å². The van der Waals surface area contributed by atoms with E-state index in [4.69, 9.17) is 4.74 Å². The minimum atomic E-state index is -4.14. The molecule has 4 rings (SSSR count). The van der Waals surface area contributed by atoms with Crippen LogP contribution < -0.4 is 0 Å². The molecule has 2 saturated heterocycles. The third kappa shape index (κ3) is 2.19. The number of carbonyl (C=O) groups excluding carboxylic acids is 1. The molecule has 122 valence electrons. The second-order valence-electron chi connectivity index (χ2n) is 6.67. The fourth-order valence-corrected chi connectivity index (χ4v) is 5.89. The number of esters is 1. The van der Waals surface area contributed by atoms with Gasteiger partial charge in [0.05, 0.1) is 11.8 Å². The number of carbonyl (C=O) groups is 1. The van der Waals surface area contributed by atoms with Crippen LogP contribution in [0.3, 0.4) is 0 Å². The van der Waals surface area contributed by atoms with E-state index in [2.05, 4.69) is 4.90 Å². The summed E-state index contributed by atoms with van der Waals surface area (Å²) in [6.07, 6.45) is 1.76. The molecule has 1 saturated carbocycles. The number of fused-ring (bicyclic) bond motifs is 3. The Bertz CT molecular complexity index is 535. The van der Waals surface area contributed by atoms with E-state index in [0.29, 0.717) is 12.8 Å². The molecule has 1 spiro atoms. The summed E-state index contributed by atoms with van der Waals surface area (Å²) in [7, 11) is 0. The highest BCUT2D eigenvalue weighted by Crippen LogP contribution is 2.56. The summed E-state index contributed by atoms with van der Waals surface area (Å²) in [5.41, 5.74) is 0.403. The lowest BCUT2D eigenvalue weighted by atomic mass is 9.77. The van der Waals surface area contributed by atoms with Gasteiger partial charge in [-0.25, -0.2) is 4.79 Å². The second kappa shape index (κ2) is 4.90. The molecule has 3 aliphatic heterocycles. The fraction of sp³-hybridized carbons (Fsp3) is 0.800. The van der Waals surface area contributed by atoms with Gasteiger partial charge in [-0.15, -0.1) is 11.8 Å². The van der Waals surface area contributed by atoms with Crippen molar-refractivity contribution in [2.75, 3.05) is 12.3 Å². The lowest BCUT2D eigenvalue weighted by molar-refractivity contribution is -0.148. The third-order valence-electron chi connectivity index (χ3n) is 5.45. The maximum atomic E-state index is 12.6. The topological polar surface area (TPSA) is 29.5 Å². The Hall–Kier alpha value is -0.690. The quantitative estimate of drug-likeness (QED) is 0.727. The van der Waals surface area contributed by atoms with E-state index in [-0.39, 0.29) is 23.3 Å². The highest BCUT2D eigenvalue weighted by Gasteiger charge is 2.63. The van der Waals surface area contributed by atoms with Crippen molar-refractivity contribution in [1.82, 2.24) is 4.90 Å². The molecule has 0 N–H and O–H groups in total. The highest BCUT2D eigenvalue weighted by atomic mass is 32.2.